The fourth-order valence-corrected chi connectivity index (χ4v) is 5.44. The predicted octanol–water partition coefficient (Wildman–Crippen LogP) is 5.07. The normalized spacial score (nSPS) is 19.0. The highest BCUT2D eigenvalue weighted by molar-refractivity contribution is 7.15. The molecule has 2 aromatic heterocycles. The SMILES string of the molecule is COc1nc(-c2ccc(C)s2)c(O[C@H]2CCN3C(=O)OC[C@@H]3C2)cc1C(=O)NCc1ccc(Cl)cc1. The van der Waals surface area contributed by atoms with Crippen molar-refractivity contribution in [3.63, 3.8) is 0 Å². The van der Waals surface area contributed by atoms with Crippen LogP contribution in [0.4, 0.5) is 4.79 Å². The molecule has 0 radical (unpaired) electrons. The number of cyclic esters (lactones) is 1. The van der Waals surface area contributed by atoms with E-state index in [1.165, 1.54) is 7.11 Å². The summed E-state index contributed by atoms with van der Waals surface area (Å²) in [4.78, 5) is 33.6. The van der Waals surface area contributed by atoms with Gasteiger partial charge < -0.3 is 24.4 Å². The monoisotopic (exact) mass is 527 g/mol. The van der Waals surface area contributed by atoms with E-state index in [4.69, 9.17) is 30.8 Å². The number of piperidine rings is 1. The van der Waals surface area contributed by atoms with Gasteiger partial charge in [-0.3, -0.25) is 4.79 Å². The number of hydrogen-bond donors (Lipinski definition) is 1. The van der Waals surface area contributed by atoms with Gasteiger partial charge in [0.25, 0.3) is 5.91 Å². The van der Waals surface area contributed by atoms with Crippen LogP contribution in [0.25, 0.3) is 10.6 Å². The molecular formula is C26H26ClN3O5S. The van der Waals surface area contributed by atoms with Gasteiger partial charge in [-0.05, 0) is 36.8 Å². The van der Waals surface area contributed by atoms with Crippen molar-refractivity contribution in [2.75, 3.05) is 20.3 Å². The lowest BCUT2D eigenvalue weighted by atomic mass is 10.0. The fraction of sp³-hybridized carbons (Fsp3) is 0.346. The standard InChI is InChI=1S/C26H26ClN3O5S/c1-15-3-8-22(36-15)23-21(35-19-9-10-30-18(11-19)14-34-26(30)32)12-20(25(29-23)33-2)24(31)28-13-16-4-6-17(27)7-5-16/h3-8,12,18-19H,9-11,13-14H2,1-2H3,(H,28,31)/t18-,19-/m0/s1. The summed E-state index contributed by atoms with van der Waals surface area (Å²) < 4.78 is 17.2. The van der Waals surface area contributed by atoms with Crippen molar-refractivity contribution in [2.45, 2.75) is 38.5 Å². The Labute approximate surface area is 218 Å². The van der Waals surface area contributed by atoms with Gasteiger partial charge in [0, 0.05) is 41.9 Å². The molecule has 36 heavy (non-hydrogen) atoms. The van der Waals surface area contributed by atoms with E-state index < -0.39 is 0 Å². The number of hydrogen-bond acceptors (Lipinski definition) is 7. The Morgan fingerprint density at radius 1 is 1.28 bits per heavy atom. The third-order valence-corrected chi connectivity index (χ3v) is 7.59. The Morgan fingerprint density at radius 2 is 2.08 bits per heavy atom. The van der Waals surface area contributed by atoms with Crippen molar-refractivity contribution in [1.82, 2.24) is 15.2 Å². The number of methoxy groups -OCH3 is 1. The van der Waals surface area contributed by atoms with Crippen LogP contribution in [0, 0.1) is 6.92 Å². The average Bonchev–Trinajstić information content (AvgIpc) is 3.48. The molecule has 2 atom stereocenters. The number of thiophene rings is 1. The molecule has 0 unspecified atom stereocenters. The van der Waals surface area contributed by atoms with Gasteiger partial charge >= 0.3 is 6.09 Å². The van der Waals surface area contributed by atoms with Gasteiger partial charge in [-0.1, -0.05) is 23.7 Å². The van der Waals surface area contributed by atoms with Crippen LogP contribution in [0.5, 0.6) is 11.6 Å². The van der Waals surface area contributed by atoms with Crippen LogP contribution < -0.4 is 14.8 Å². The summed E-state index contributed by atoms with van der Waals surface area (Å²) in [6.07, 6.45) is 0.914. The first-order chi connectivity index (χ1) is 17.4. The summed E-state index contributed by atoms with van der Waals surface area (Å²) in [5.41, 5.74) is 1.83. The highest BCUT2D eigenvalue weighted by Gasteiger charge is 2.39. The number of carbonyl (C=O) groups is 2. The molecule has 0 spiro atoms. The maximum Gasteiger partial charge on any atom is 0.410 e. The number of carbonyl (C=O) groups excluding carboxylic acids is 2. The maximum atomic E-state index is 13.2. The highest BCUT2D eigenvalue weighted by atomic mass is 35.5. The van der Waals surface area contributed by atoms with Crippen molar-refractivity contribution in [1.29, 1.82) is 0 Å². The molecule has 2 fully saturated rings. The number of rotatable bonds is 7. The van der Waals surface area contributed by atoms with Crippen LogP contribution in [0.3, 0.4) is 0 Å². The molecule has 2 amide bonds. The van der Waals surface area contributed by atoms with Crippen molar-refractivity contribution in [2.24, 2.45) is 0 Å². The molecule has 0 aliphatic carbocycles. The van der Waals surface area contributed by atoms with E-state index in [9.17, 15) is 9.59 Å². The van der Waals surface area contributed by atoms with Crippen LogP contribution in [0.1, 0.15) is 33.6 Å². The van der Waals surface area contributed by atoms with Crippen molar-refractivity contribution < 1.29 is 23.8 Å². The second-order valence-electron chi connectivity index (χ2n) is 8.80. The van der Waals surface area contributed by atoms with Crippen molar-refractivity contribution >= 4 is 34.9 Å². The van der Waals surface area contributed by atoms with Crippen LogP contribution in [-0.2, 0) is 11.3 Å². The lowest BCUT2D eigenvalue weighted by Crippen LogP contribution is -2.44. The molecule has 1 N–H and O–H groups in total. The third-order valence-electron chi connectivity index (χ3n) is 6.33. The van der Waals surface area contributed by atoms with E-state index in [1.807, 2.05) is 31.2 Å². The molecule has 2 aliphatic heterocycles. The second-order valence-corrected chi connectivity index (χ2v) is 10.5. The molecule has 10 heteroatoms. The first-order valence-corrected chi connectivity index (χ1v) is 12.9. The number of ether oxygens (including phenoxy) is 3. The minimum atomic E-state index is -0.322. The minimum Gasteiger partial charge on any atom is -0.488 e. The summed E-state index contributed by atoms with van der Waals surface area (Å²) in [6, 6.07) is 13.0. The number of benzene rings is 1. The molecule has 2 aliphatic rings. The maximum absolute atomic E-state index is 13.2. The first-order valence-electron chi connectivity index (χ1n) is 11.7. The van der Waals surface area contributed by atoms with E-state index in [0.29, 0.717) is 49.0 Å². The molecule has 0 saturated carbocycles. The van der Waals surface area contributed by atoms with Gasteiger partial charge in [0.1, 0.15) is 29.7 Å². The molecule has 0 bridgehead atoms. The Morgan fingerprint density at radius 3 is 2.81 bits per heavy atom. The summed E-state index contributed by atoms with van der Waals surface area (Å²) in [7, 11) is 1.50. The van der Waals surface area contributed by atoms with Crippen LogP contribution in [0.2, 0.25) is 5.02 Å². The first kappa shape index (κ1) is 24.4. The van der Waals surface area contributed by atoms with E-state index in [2.05, 4.69) is 5.32 Å². The molecule has 1 aromatic carbocycles. The summed E-state index contributed by atoms with van der Waals surface area (Å²) in [5.74, 6) is 0.414. The topological polar surface area (TPSA) is 90.0 Å². The molecule has 8 nitrogen and oxygen atoms in total. The largest absolute Gasteiger partial charge is 0.488 e. The van der Waals surface area contributed by atoms with Gasteiger partial charge in [0.05, 0.1) is 18.0 Å². The van der Waals surface area contributed by atoms with Crippen molar-refractivity contribution in [3.05, 3.63) is 63.5 Å². The average molecular weight is 528 g/mol. The number of nitrogens with zero attached hydrogens (tertiary/aromatic N) is 2. The Balaban J connectivity index is 1.42. The number of halogens is 1. The zero-order chi connectivity index (χ0) is 25.2. The summed E-state index contributed by atoms with van der Waals surface area (Å²) in [6.45, 7) is 3.29. The summed E-state index contributed by atoms with van der Waals surface area (Å²) in [5, 5.41) is 3.56. The van der Waals surface area contributed by atoms with Gasteiger partial charge in [-0.2, -0.15) is 0 Å². The lowest BCUT2D eigenvalue weighted by Gasteiger charge is -2.32. The third kappa shape index (κ3) is 5.12. The van der Waals surface area contributed by atoms with Crippen LogP contribution in [0.15, 0.2) is 42.5 Å². The molecule has 2 saturated heterocycles. The molecule has 4 heterocycles. The number of amides is 2. The molecule has 3 aromatic rings. The Bertz CT molecular complexity index is 1280. The Kier molecular flexibility index (Phi) is 7.02. The van der Waals surface area contributed by atoms with Crippen LogP contribution >= 0.6 is 22.9 Å². The zero-order valence-electron chi connectivity index (χ0n) is 20.0. The quantitative estimate of drug-likeness (QED) is 0.461. The second kappa shape index (κ2) is 10.4. The number of fused-ring (bicyclic) bond motifs is 1. The number of aromatic nitrogens is 1. The van der Waals surface area contributed by atoms with Gasteiger partial charge in [-0.25, -0.2) is 9.78 Å². The molecule has 5 rings (SSSR count). The van der Waals surface area contributed by atoms with E-state index in [0.717, 1.165) is 15.3 Å². The fourth-order valence-electron chi connectivity index (χ4n) is 4.45. The van der Waals surface area contributed by atoms with E-state index in [1.54, 1.807) is 34.4 Å². The highest BCUT2D eigenvalue weighted by Crippen LogP contribution is 2.38. The van der Waals surface area contributed by atoms with Gasteiger partial charge in [0.2, 0.25) is 5.88 Å². The number of pyridine rings is 1. The smallest absolute Gasteiger partial charge is 0.410 e. The number of nitrogens with one attached hydrogen (secondary N) is 1. The van der Waals surface area contributed by atoms with Crippen LogP contribution in [-0.4, -0.2) is 54.3 Å². The van der Waals surface area contributed by atoms with Gasteiger partial charge in [0.15, 0.2) is 0 Å². The lowest BCUT2D eigenvalue weighted by molar-refractivity contribution is 0.0913. The van der Waals surface area contributed by atoms with Crippen molar-refractivity contribution in [3.8, 4) is 22.2 Å². The van der Waals surface area contributed by atoms with Gasteiger partial charge in [-0.15, -0.1) is 11.3 Å². The predicted molar refractivity (Wildman–Crippen MR) is 137 cm³/mol. The summed E-state index contributed by atoms with van der Waals surface area (Å²) >= 11 is 7.55. The Hall–Kier alpha value is -3.30. The van der Waals surface area contributed by atoms with E-state index >= 15 is 0 Å². The molecular weight excluding hydrogens is 502 g/mol. The number of aryl methyl sites for hydroxylation is 1. The zero-order valence-corrected chi connectivity index (χ0v) is 21.5. The molecule has 188 valence electrons. The minimum absolute atomic E-state index is 0.00275. The van der Waals surface area contributed by atoms with E-state index in [-0.39, 0.29) is 35.6 Å².